The topological polar surface area (TPSA) is 38.9 Å². The second kappa shape index (κ2) is 12.2. The summed E-state index contributed by atoms with van der Waals surface area (Å²) in [6, 6.07) is 63.4. The molecule has 0 aliphatic carbocycles. The third-order valence-corrected chi connectivity index (χ3v) is 9.13. The molecule has 9 aromatic rings. The molecule has 7 aromatic carbocycles. The maximum Gasteiger partial charge on any atom is 0.160 e. The number of hydrogen-bond acceptors (Lipinski definition) is 3. The third-order valence-electron chi connectivity index (χ3n) is 9.13. The Labute approximate surface area is 284 Å². The van der Waals surface area contributed by atoms with Crippen LogP contribution in [0.15, 0.2) is 186 Å². The highest BCUT2D eigenvalue weighted by Gasteiger charge is 2.14. The summed E-state index contributed by atoms with van der Waals surface area (Å²) in [4.78, 5) is 10.2. The summed E-state index contributed by atoms with van der Waals surface area (Å²) in [6.07, 6.45) is 0. The zero-order valence-electron chi connectivity index (χ0n) is 26.6. The van der Waals surface area contributed by atoms with Crippen molar-refractivity contribution in [2.24, 2.45) is 0 Å². The molecule has 0 saturated carbocycles. The van der Waals surface area contributed by atoms with Gasteiger partial charge in [0.25, 0.3) is 0 Å². The van der Waals surface area contributed by atoms with Gasteiger partial charge in [-0.15, -0.1) is 0 Å². The summed E-state index contributed by atoms with van der Waals surface area (Å²) in [6.45, 7) is 0. The van der Waals surface area contributed by atoms with Gasteiger partial charge in [0.05, 0.1) is 11.4 Å². The Balaban J connectivity index is 1.12. The van der Waals surface area contributed by atoms with Gasteiger partial charge in [0.15, 0.2) is 5.82 Å². The van der Waals surface area contributed by atoms with Crippen LogP contribution in [0.3, 0.4) is 0 Å². The van der Waals surface area contributed by atoms with Gasteiger partial charge in [-0.3, -0.25) is 0 Å². The highest BCUT2D eigenvalue weighted by atomic mass is 16.3. The number of nitrogens with zero attached hydrogens (tertiary/aromatic N) is 2. The minimum absolute atomic E-state index is 0.654. The maximum atomic E-state index is 6.24. The van der Waals surface area contributed by atoms with E-state index in [-0.39, 0.29) is 0 Å². The molecule has 0 aliphatic rings. The fraction of sp³-hybridized carbons (Fsp3) is 0. The molecule has 2 aromatic heterocycles. The summed E-state index contributed by atoms with van der Waals surface area (Å²) in [5, 5.41) is 2.19. The van der Waals surface area contributed by atoms with Gasteiger partial charge in [-0.2, -0.15) is 0 Å². The Morgan fingerprint density at radius 3 is 1.37 bits per heavy atom. The number of benzene rings is 7. The van der Waals surface area contributed by atoms with E-state index >= 15 is 0 Å². The van der Waals surface area contributed by atoms with Crippen molar-refractivity contribution in [3.63, 3.8) is 0 Å². The van der Waals surface area contributed by atoms with Crippen LogP contribution >= 0.6 is 0 Å². The predicted molar refractivity (Wildman–Crippen MR) is 202 cm³/mol. The quantitative estimate of drug-likeness (QED) is 0.184. The molecule has 2 heterocycles. The number of para-hydroxylation sites is 1. The molecule has 49 heavy (non-hydrogen) atoms. The van der Waals surface area contributed by atoms with Gasteiger partial charge in [-0.1, -0.05) is 152 Å². The molecule has 9 rings (SSSR count). The van der Waals surface area contributed by atoms with Crippen molar-refractivity contribution >= 4 is 21.9 Å². The molecule has 0 amide bonds. The summed E-state index contributed by atoms with van der Waals surface area (Å²) in [5.41, 5.74) is 13.5. The SMILES string of the molecule is c1ccc(-c2ccc(-c3cc(-c4ccc(-c5cccc(-c6ccccc6)c5)cc4)nc(-c4ccc5c(c4)oc4ccccc45)n3)cc2)cc1. The fourth-order valence-corrected chi connectivity index (χ4v) is 6.54. The zero-order chi connectivity index (χ0) is 32.6. The van der Waals surface area contributed by atoms with Crippen LogP contribution in [0.5, 0.6) is 0 Å². The van der Waals surface area contributed by atoms with E-state index in [4.69, 9.17) is 14.4 Å². The number of rotatable bonds is 6. The number of furan rings is 1. The van der Waals surface area contributed by atoms with Crippen molar-refractivity contribution in [1.82, 2.24) is 9.97 Å². The van der Waals surface area contributed by atoms with E-state index in [0.717, 1.165) is 55.6 Å². The molecular weight excluding hydrogens is 597 g/mol. The first-order valence-electron chi connectivity index (χ1n) is 16.5. The molecule has 0 bridgehead atoms. The van der Waals surface area contributed by atoms with Crippen LogP contribution in [0, 0.1) is 0 Å². The zero-order valence-corrected chi connectivity index (χ0v) is 26.6. The van der Waals surface area contributed by atoms with Crippen LogP contribution in [0.1, 0.15) is 0 Å². The van der Waals surface area contributed by atoms with E-state index in [1.165, 1.54) is 27.8 Å². The molecule has 0 atom stereocenters. The number of fused-ring (bicyclic) bond motifs is 3. The van der Waals surface area contributed by atoms with Crippen molar-refractivity contribution < 1.29 is 4.42 Å². The molecule has 3 heteroatoms. The highest BCUT2D eigenvalue weighted by molar-refractivity contribution is 6.05. The largest absolute Gasteiger partial charge is 0.456 e. The van der Waals surface area contributed by atoms with E-state index in [1.807, 2.05) is 30.3 Å². The summed E-state index contributed by atoms with van der Waals surface area (Å²) in [7, 11) is 0. The molecule has 0 fully saturated rings. The average Bonchev–Trinajstić information content (AvgIpc) is 3.57. The van der Waals surface area contributed by atoms with E-state index in [0.29, 0.717) is 5.82 Å². The Kier molecular flexibility index (Phi) is 7.14. The summed E-state index contributed by atoms with van der Waals surface area (Å²) >= 11 is 0. The lowest BCUT2D eigenvalue weighted by Crippen LogP contribution is -1.96. The lowest BCUT2D eigenvalue weighted by molar-refractivity contribution is 0.669. The summed E-state index contributed by atoms with van der Waals surface area (Å²) < 4.78 is 6.24. The van der Waals surface area contributed by atoms with Crippen molar-refractivity contribution in [1.29, 1.82) is 0 Å². The first kappa shape index (κ1) is 28.6. The first-order chi connectivity index (χ1) is 24.2. The van der Waals surface area contributed by atoms with E-state index < -0.39 is 0 Å². The van der Waals surface area contributed by atoms with Crippen molar-refractivity contribution in [3.05, 3.63) is 182 Å². The smallest absolute Gasteiger partial charge is 0.160 e. The van der Waals surface area contributed by atoms with Gasteiger partial charge in [-0.25, -0.2) is 9.97 Å². The predicted octanol–water partition coefficient (Wildman–Crippen LogP) is 12.4. The monoisotopic (exact) mass is 626 g/mol. The van der Waals surface area contributed by atoms with Gasteiger partial charge in [0, 0.05) is 27.5 Å². The second-order valence-electron chi connectivity index (χ2n) is 12.2. The molecule has 0 spiro atoms. The van der Waals surface area contributed by atoms with Gasteiger partial charge >= 0.3 is 0 Å². The van der Waals surface area contributed by atoms with E-state index in [2.05, 4.69) is 152 Å². The molecule has 0 saturated heterocycles. The van der Waals surface area contributed by atoms with E-state index in [1.54, 1.807) is 0 Å². The van der Waals surface area contributed by atoms with Gasteiger partial charge < -0.3 is 4.42 Å². The van der Waals surface area contributed by atoms with Gasteiger partial charge in [0.2, 0.25) is 0 Å². The Morgan fingerprint density at radius 1 is 0.286 bits per heavy atom. The minimum atomic E-state index is 0.654. The van der Waals surface area contributed by atoms with Crippen molar-refractivity contribution in [3.8, 4) is 67.3 Å². The van der Waals surface area contributed by atoms with Crippen LogP contribution in [0.2, 0.25) is 0 Å². The van der Waals surface area contributed by atoms with Gasteiger partial charge in [0.1, 0.15) is 11.2 Å². The van der Waals surface area contributed by atoms with Crippen LogP contribution in [0.25, 0.3) is 89.2 Å². The molecule has 0 unspecified atom stereocenters. The lowest BCUT2D eigenvalue weighted by Gasteiger charge is -2.11. The lowest BCUT2D eigenvalue weighted by atomic mass is 9.97. The van der Waals surface area contributed by atoms with Crippen molar-refractivity contribution in [2.45, 2.75) is 0 Å². The standard InChI is InChI=1S/C46H30N2O/c1-3-10-31(11-4-1)33-18-22-35(23-19-33)42-30-43(48-46(47-42)39-26-27-41-40-16-7-8-17-44(40)49-45(41)29-39)36-24-20-34(21-25-36)38-15-9-14-37(28-38)32-12-5-2-6-13-32/h1-30H. The van der Waals surface area contributed by atoms with Crippen LogP contribution in [-0.4, -0.2) is 9.97 Å². The van der Waals surface area contributed by atoms with E-state index in [9.17, 15) is 0 Å². The van der Waals surface area contributed by atoms with Crippen LogP contribution in [0.4, 0.5) is 0 Å². The van der Waals surface area contributed by atoms with Crippen molar-refractivity contribution in [2.75, 3.05) is 0 Å². The molecular formula is C46H30N2O. The maximum absolute atomic E-state index is 6.24. The van der Waals surface area contributed by atoms with Crippen LogP contribution in [-0.2, 0) is 0 Å². The normalized spacial score (nSPS) is 11.3. The third kappa shape index (κ3) is 5.58. The Hall–Kier alpha value is -6.58. The molecule has 230 valence electrons. The Bertz CT molecular complexity index is 2570. The molecule has 0 radical (unpaired) electrons. The average molecular weight is 627 g/mol. The number of hydrogen-bond donors (Lipinski definition) is 0. The number of aromatic nitrogens is 2. The molecule has 0 aliphatic heterocycles. The summed E-state index contributed by atoms with van der Waals surface area (Å²) in [5.74, 6) is 0.654. The highest BCUT2D eigenvalue weighted by Crippen LogP contribution is 2.34. The van der Waals surface area contributed by atoms with Gasteiger partial charge in [-0.05, 0) is 63.7 Å². The minimum Gasteiger partial charge on any atom is -0.456 e. The second-order valence-corrected chi connectivity index (χ2v) is 12.2. The fourth-order valence-electron chi connectivity index (χ4n) is 6.54. The Morgan fingerprint density at radius 2 is 0.735 bits per heavy atom. The van der Waals surface area contributed by atoms with Crippen LogP contribution < -0.4 is 0 Å². The molecule has 0 N–H and O–H groups in total. The first-order valence-corrected chi connectivity index (χ1v) is 16.5. The molecule has 3 nitrogen and oxygen atoms in total.